The van der Waals surface area contributed by atoms with Crippen molar-refractivity contribution < 1.29 is 19.1 Å². The summed E-state index contributed by atoms with van der Waals surface area (Å²) in [6, 6.07) is 23.1. The number of ether oxygens (including phenoxy) is 2. The van der Waals surface area contributed by atoms with Crippen LogP contribution in [0, 0.1) is 10.8 Å². The van der Waals surface area contributed by atoms with Crippen molar-refractivity contribution in [3.63, 3.8) is 0 Å². The number of hydrogen-bond donors (Lipinski definition) is 0. The van der Waals surface area contributed by atoms with Crippen LogP contribution in [0.4, 0.5) is 0 Å². The van der Waals surface area contributed by atoms with Gasteiger partial charge >= 0.3 is 5.97 Å². The van der Waals surface area contributed by atoms with Gasteiger partial charge in [-0.1, -0.05) is 78.3 Å². The van der Waals surface area contributed by atoms with E-state index in [0.717, 1.165) is 16.5 Å². The molecule has 38 heavy (non-hydrogen) atoms. The van der Waals surface area contributed by atoms with Crippen molar-refractivity contribution >= 4 is 38.6 Å². The highest BCUT2D eigenvalue weighted by molar-refractivity contribution is 9.10. The summed E-state index contributed by atoms with van der Waals surface area (Å²) in [4.78, 5) is 28.8. The molecule has 2 bridgehead atoms. The highest BCUT2D eigenvalue weighted by atomic mass is 79.9. The van der Waals surface area contributed by atoms with Crippen LogP contribution >= 0.6 is 15.9 Å². The Morgan fingerprint density at radius 3 is 2.45 bits per heavy atom. The third kappa shape index (κ3) is 3.83. The molecule has 3 fully saturated rings. The first-order valence-corrected chi connectivity index (χ1v) is 14.3. The molecule has 0 spiro atoms. The van der Waals surface area contributed by atoms with E-state index in [1.165, 1.54) is 16.3 Å². The summed E-state index contributed by atoms with van der Waals surface area (Å²) in [5, 5.41) is 2.39. The number of nitrogens with zero attached hydrogens (tertiary/aromatic N) is 1. The zero-order chi connectivity index (χ0) is 26.7. The summed E-state index contributed by atoms with van der Waals surface area (Å²) in [5.74, 6) is -0.139. The Morgan fingerprint density at radius 2 is 1.76 bits per heavy atom. The molecule has 0 radical (unpaired) electrons. The lowest BCUT2D eigenvalue weighted by atomic mass is 9.66. The number of piperidine rings is 1. The molecule has 1 saturated carbocycles. The molecule has 3 aromatic rings. The number of carbonyl (C=O) groups excluding carboxylic acids is 2. The summed E-state index contributed by atoms with van der Waals surface area (Å²) in [6.07, 6.45) is 1.88. The molecule has 5 nitrogen and oxygen atoms in total. The van der Waals surface area contributed by atoms with E-state index in [9.17, 15) is 9.59 Å². The van der Waals surface area contributed by atoms with Gasteiger partial charge in [0.25, 0.3) is 5.91 Å². The second-order valence-corrected chi connectivity index (χ2v) is 12.8. The number of halogens is 1. The van der Waals surface area contributed by atoms with Gasteiger partial charge in [-0.25, -0.2) is 0 Å². The van der Waals surface area contributed by atoms with E-state index in [-0.39, 0.29) is 23.9 Å². The molecule has 1 amide bonds. The molecule has 2 heterocycles. The molecule has 2 aliphatic heterocycles. The molecule has 6 heteroatoms. The van der Waals surface area contributed by atoms with Crippen molar-refractivity contribution in [1.82, 2.24) is 4.90 Å². The van der Waals surface area contributed by atoms with Crippen LogP contribution in [0.15, 0.2) is 71.2 Å². The molecule has 0 N–H and O–H groups in total. The number of benzene rings is 3. The van der Waals surface area contributed by atoms with Gasteiger partial charge in [0.1, 0.15) is 0 Å². The number of rotatable bonds is 5. The highest BCUT2D eigenvalue weighted by Crippen LogP contribution is 2.66. The number of hydrogen-bond acceptors (Lipinski definition) is 4. The van der Waals surface area contributed by atoms with Gasteiger partial charge in [0.15, 0.2) is 5.60 Å². The van der Waals surface area contributed by atoms with Crippen LogP contribution in [0.5, 0.6) is 0 Å². The van der Waals surface area contributed by atoms with E-state index in [1.54, 1.807) is 0 Å². The van der Waals surface area contributed by atoms with Crippen molar-refractivity contribution in [1.29, 1.82) is 0 Å². The maximum atomic E-state index is 14.1. The van der Waals surface area contributed by atoms with Gasteiger partial charge in [0.2, 0.25) is 0 Å². The second kappa shape index (κ2) is 9.20. The molecule has 0 aromatic heterocycles. The normalized spacial score (nSPS) is 30.0. The predicted octanol–water partition coefficient (Wildman–Crippen LogP) is 6.63. The van der Waals surface area contributed by atoms with Gasteiger partial charge in [0, 0.05) is 28.9 Å². The Labute approximate surface area is 232 Å². The van der Waals surface area contributed by atoms with E-state index in [0.29, 0.717) is 32.5 Å². The molecule has 2 saturated heterocycles. The molecule has 1 aliphatic carbocycles. The molecule has 6 rings (SSSR count). The first-order valence-electron chi connectivity index (χ1n) is 13.5. The maximum Gasteiger partial charge on any atom is 0.313 e. The smallest absolute Gasteiger partial charge is 0.313 e. The number of fused-ring (bicyclic) bond motifs is 3. The quantitative estimate of drug-likeness (QED) is 0.320. The lowest BCUT2D eigenvalue weighted by molar-refractivity contribution is -0.176. The van der Waals surface area contributed by atoms with Crippen molar-refractivity contribution in [3.8, 4) is 0 Å². The van der Waals surface area contributed by atoms with E-state index in [4.69, 9.17) is 9.47 Å². The second-order valence-electron chi connectivity index (χ2n) is 11.9. The van der Waals surface area contributed by atoms with Crippen LogP contribution in [0.1, 0.15) is 57.1 Å². The standard InChI is InChI=1S/C32H34BrNO4/c1-30(2)31(3)15-16-32(30,38-29(31)36)28(35)34-17-14-26(23-10-12-25(33)13-11-23)27(19-34)37-20-21-8-9-22-6-4-5-7-24(22)18-21/h4-13,18,26-27H,14-17,19-20H2,1-3H3/t26-,27+,31-,32-/m0/s1. The highest BCUT2D eigenvalue weighted by Gasteiger charge is 2.76. The van der Waals surface area contributed by atoms with Crippen molar-refractivity contribution in [2.24, 2.45) is 10.8 Å². The van der Waals surface area contributed by atoms with E-state index in [1.807, 2.05) is 37.8 Å². The van der Waals surface area contributed by atoms with Crippen molar-refractivity contribution in [2.45, 2.75) is 64.3 Å². The largest absolute Gasteiger partial charge is 0.448 e. The Kier molecular flexibility index (Phi) is 6.19. The number of esters is 1. The average molecular weight is 577 g/mol. The zero-order valence-electron chi connectivity index (χ0n) is 22.2. The zero-order valence-corrected chi connectivity index (χ0v) is 23.8. The predicted molar refractivity (Wildman–Crippen MR) is 151 cm³/mol. The molecule has 3 aromatic carbocycles. The minimum Gasteiger partial charge on any atom is -0.448 e. The Balaban J connectivity index is 1.26. The number of amides is 1. The first-order chi connectivity index (χ1) is 18.1. The maximum absolute atomic E-state index is 14.1. The average Bonchev–Trinajstić information content (AvgIpc) is 3.22. The summed E-state index contributed by atoms with van der Waals surface area (Å²) >= 11 is 3.54. The van der Waals surface area contributed by atoms with Crippen LogP contribution in [0.25, 0.3) is 10.8 Å². The summed E-state index contributed by atoms with van der Waals surface area (Å²) in [6.45, 7) is 7.54. The fourth-order valence-corrected chi connectivity index (χ4v) is 7.13. The van der Waals surface area contributed by atoms with E-state index in [2.05, 4.69) is 70.5 Å². The van der Waals surface area contributed by atoms with Crippen LogP contribution in [-0.4, -0.2) is 41.6 Å². The van der Waals surface area contributed by atoms with Gasteiger partial charge in [-0.15, -0.1) is 0 Å². The van der Waals surface area contributed by atoms with Crippen LogP contribution in [0.3, 0.4) is 0 Å². The van der Waals surface area contributed by atoms with Gasteiger partial charge in [-0.2, -0.15) is 0 Å². The van der Waals surface area contributed by atoms with E-state index < -0.39 is 16.4 Å². The van der Waals surface area contributed by atoms with Gasteiger partial charge < -0.3 is 14.4 Å². The molecule has 4 atom stereocenters. The minimum absolute atomic E-state index is 0.0642. The summed E-state index contributed by atoms with van der Waals surface area (Å²) in [7, 11) is 0. The number of likely N-dealkylation sites (tertiary alicyclic amines) is 1. The first kappa shape index (κ1) is 25.6. The van der Waals surface area contributed by atoms with E-state index >= 15 is 0 Å². The minimum atomic E-state index is -1.09. The Hall–Kier alpha value is -2.70. The fourth-order valence-electron chi connectivity index (χ4n) is 6.87. The summed E-state index contributed by atoms with van der Waals surface area (Å²) in [5.41, 5.74) is 0.0510. The van der Waals surface area contributed by atoms with Crippen molar-refractivity contribution in [3.05, 3.63) is 82.3 Å². The molecular formula is C32H34BrNO4. The van der Waals surface area contributed by atoms with Crippen LogP contribution < -0.4 is 0 Å². The lowest BCUT2D eigenvalue weighted by Crippen LogP contribution is -2.58. The number of carbonyl (C=O) groups is 2. The SMILES string of the molecule is CC1(C)[C@@]2(C)CC[C@@]1(C(=O)N1CC[C@@H](c3ccc(Br)cc3)[C@H](OCc3ccc4ccccc4c3)C1)OC2=O. The van der Waals surface area contributed by atoms with Gasteiger partial charge in [-0.3, -0.25) is 9.59 Å². The summed E-state index contributed by atoms with van der Waals surface area (Å²) < 4.78 is 13.6. The molecule has 3 aliphatic rings. The molecular weight excluding hydrogens is 542 g/mol. The van der Waals surface area contributed by atoms with Crippen LogP contribution in [-0.2, 0) is 25.7 Å². The Bertz CT molecular complexity index is 1400. The monoisotopic (exact) mass is 575 g/mol. The van der Waals surface area contributed by atoms with Crippen LogP contribution in [0.2, 0.25) is 0 Å². The third-order valence-electron chi connectivity index (χ3n) is 9.85. The van der Waals surface area contributed by atoms with Gasteiger partial charge in [0.05, 0.1) is 18.1 Å². The Morgan fingerprint density at radius 1 is 1.03 bits per heavy atom. The topological polar surface area (TPSA) is 55.8 Å². The van der Waals surface area contributed by atoms with Crippen molar-refractivity contribution in [2.75, 3.05) is 13.1 Å². The lowest BCUT2D eigenvalue weighted by Gasteiger charge is -2.44. The third-order valence-corrected chi connectivity index (χ3v) is 10.4. The van der Waals surface area contributed by atoms with Gasteiger partial charge in [-0.05, 0) is 66.3 Å². The molecule has 0 unspecified atom stereocenters. The molecule has 198 valence electrons. The fraction of sp³-hybridized carbons (Fsp3) is 0.438.